The molecule has 0 radical (unpaired) electrons. The fourth-order valence-electron chi connectivity index (χ4n) is 2.51. The number of benzene rings is 3. The number of carbonyl (C=O) groups excluding carboxylic acids is 2. The second-order valence-electron chi connectivity index (χ2n) is 6.03. The number of carbonyl (C=O) groups is 2. The Balaban J connectivity index is 1.62. The minimum Gasteiger partial charge on any atom is -0.457 e. The first kappa shape index (κ1) is 18.9. The van der Waals surface area contributed by atoms with Crippen molar-refractivity contribution < 1.29 is 14.3 Å². The van der Waals surface area contributed by atoms with E-state index in [9.17, 15) is 9.59 Å². The zero-order chi connectivity index (χ0) is 19.8. The van der Waals surface area contributed by atoms with Gasteiger partial charge in [0.25, 0.3) is 5.91 Å². The molecule has 3 aromatic carbocycles. The van der Waals surface area contributed by atoms with Gasteiger partial charge < -0.3 is 10.1 Å². The van der Waals surface area contributed by atoms with Gasteiger partial charge in [-0.15, -0.1) is 0 Å². The van der Waals surface area contributed by atoms with Crippen LogP contribution in [0.25, 0.3) is 0 Å². The number of amides is 1. The first-order chi connectivity index (χ1) is 13.6. The summed E-state index contributed by atoms with van der Waals surface area (Å²) >= 11 is 0. The average molecular weight is 369 g/mol. The summed E-state index contributed by atoms with van der Waals surface area (Å²) in [5, 5.41) is 2.78. The minimum atomic E-state index is -0.257. The molecule has 138 valence electrons. The maximum atomic E-state index is 12.5. The van der Waals surface area contributed by atoms with Crippen LogP contribution in [0.3, 0.4) is 0 Å². The fraction of sp³-hybridized carbons (Fsp3) is 0.0833. The molecule has 1 amide bonds. The molecule has 0 spiro atoms. The molecule has 0 aromatic heterocycles. The summed E-state index contributed by atoms with van der Waals surface area (Å²) in [7, 11) is 0. The highest BCUT2D eigenvalue weighted by Gasteiger charge is 2.11. The Labute approximate surface area is 164 Å². The molecule has 28 heavy (non-hydrogen) atoms. The van der Waals surface area contributed by atoms with Crippen molar-refractivity contribution in [3.63, 3.8) is 0 Å². The third-order valence-electron chi connectivity index (χ3n) is 3.96. The molecule has 0 saturated carbocycles. The van der Waals surface area contributed by atoms with Crippen LogP contribution >= 0.6 is 0 Å². The Kier molecular flexibility index (Phi) is 6.22. The lowest BCUT2D eigenvalue weighted by molar-refractivity contribution is 0.0955. The summed E-state index contributed by atoms with van der Waals surface area (Å²) in [6.45, 7) is 1.72. The molecule has 0 saturated heterocycles. The molecule has 1 N–H and O–H groups in total. The van der Waals surface area contributed by atoms with E-state index in [1.54, 1.807) is 42.5 Å². The molecular formula is C24H19NO3. The van der Waals surface area contributed by atoms with Gasteiger partial charge in [-0.3, -0.25) is 9.59 Å². The second kappa shape index (κ2) is 9.20. The third-order valence-corrected chi connectivity index (χ3v) is 3.96. The van der Waals surface area contributed by atoms with Gasteiger partial charge >= 0.3 is 0 Å². The van der Waals surface area contributed by atoms with E-state index in [0.29, 0.717) is 22.6 Å². The topological polar surface area (TPSA) is 55.4 Å². The first-order valence-electron chi connectivity index (χ1n) is 8.83. The highest BCUT2D eigenvalue weighted by atomic mass is 16.5. The largest absolute Gasteiger partial charge is 0.457 e. The number of nitrogens with one attached hydrogen (secondary N) is 1. The van der Waals surface area contributed by atoms with Crippen LogP contribution in [-0.4, -0.2) is 18.2 Å². The molecule has 4 nitrogen and oxygen atoms in total. The summed E-state index contributed by atoms with van der Waals surface area (Å²) in [5.74, 6) is 6.79. The van der Waals surface area contributed by atoms with Crippen LogP contribution < -0.4 is 10.1 Å². The third kappa shape index (κ3) is 5.09. The number of ketones is 1. The minimum absolute atomic E-state index is 0.0168. The van der Waals surface area contributed by atoms with E-state index in [1.807, 2.05) is 36.4 Å². The number of para-hydroxylation sites is 2. The Bertz CT molecular complexity index is 1030. The number of hydrogen-bond acceptors (Lipinski definition) is 3. The Morgan fingerprint density at radius 1 is 0.893 bits per heavy atom. The normalized spacial score (nSPS) is 9.75. The van der Waals surface area contributed by atoms with Crippen molar-refractivity contribution in [3.8, 4) is 23.3 Å². The molecule has 4 heteroatoms. The van der Waals surface area contributed by atoms with Crippen molar-refractivity contribution in [2.75, 3.05) is 6.54 Å². The van der Waals surface area contributed by atoms with Gasteiger partial charge in [0.05, 0.1) is 12.1 Å². The SMILES string of the molecule is CC(=O)c1ccc(C#CCNC(=O)c2ccccc2Oc2ccccc2)cc1. The summed E-state index contributed by atoms with van der Waals surface area (Å²) in [4.78, 5) is 23.8. The Morgan fingerprint density at radius 2 is 1.57 bits per heavy atom. The summed E-state index contributed by atoms with van der Waals surface area (Å²) in [5.41, 5.74) is 1.87. The van der Waals surface area contributed by atoms with E-state index >= 15 is 0 Å². The van der Waals surface area contributed by atoms with Crippen LogP contribution in [0.5, 0.6) is 11.5 Å². The molecule has 0 aliphatic rings. The van der Waals surface area contributed by atoms with E-state index in [0.717, 1.165) is 5.56 Å². The van der Waals surface area contributed by atoms with E-state index in [4.69, 9.17) is 4.74 Å². The van der Waals surface area contributed by atoms with E-state index in [2.05, 4.69) is 17.2 Å². The van der Waals surface area contributed by atoms with Crippen molar-refractivity contribution >= 4 is 11.7 Å². The van der Waals surface area contributed by atoms with Crippen molar-refractivity contribution in [2.45, 2.75) is 6.92 Å². The smallest absolute Gasteiger partial charge is 0.255 e. The molecule has 3 aromatic rings. The molecule has 0 unspecified atom stereocenters. The maximum Gasteiger partial charge on any atom is 0.255 e. The van der Waals surface area contributed by atoms with Gasteiger partial charge in [0.15, 0.2) is 5.78 Å². The number of rotatable bonds is 5. The molecule has 3 rings (SSSR count). The lowest BCUT2D eigenvalue weighted by Crippen LogP contribution is -2.24. The van der Waals surface area contributed by atoms with Crippen molar-refractivity contribution in [1.29, 1.82) is 0 Å². The molecule has 0 heterocycles. The molecular weight excluding hydrogens is 350 g/mol. The van der Waals surface area contributed by atoms with Crippen molar-refractivity contribution in [3.05, 3.63) is 95.6 Å². The highest BCUT2D eigenvalue weighted by molar-refractivity contribution is 5.97. The molecule has 0 fully saturated rings. The standard InChI is InChI=1S/C24H19NO3/c1-18(26)20-15-13-19(14-16-20)8-7-17-25-24(27)22-11-5-6-12-23(22)28-21-9-3-2-4-10-21/h2-6,9-16H,17H2,1H3,(H,25,27). The van der Waals surface area contributed by atoms with Gasteiger partial charge in [0.1, 0.15) is 11.5 Å². The predicted molar refractivity (Wildman–Crippen MR) is 109 cm³/mol. The molecule has 0 aliphatic carbocycles. The van der Waals surface area contributed by atoms with E-state index in [1.165, 1.54) is 6.92 Å². The van der Waals surface area contributed by atoms with Gasteiger partial charge in [-0.05, 0) is 43.3 Å². The fourth-order valence-corrected chi connectivity index (χ4v) is 2.51. The first-order valence-corrected chi connectivity index (χ1v) is 8.83. The van der Waals surface area contributed by atoms with E-state index < -0.39 is 0 Å². The van der Waals surface area contributed by atoms with Crippen LogP contribution in [0, 0.1) is 11.8 Å². The zero-order valence-electron chi connectivity index (χ0n) is 15.4. The lowest BCUT2D eigenvalue weighted by Gasteiger charge is -2.10. The van der Waals surface area contributed by atoms with Crippen LogP contribution in [0.1, 0.15) is 33.2 Å². The highest BCUT2D eigenvalue weighted by Crippen LogP contribution is 2.24. The van der Waals surface area contributed by atoms with Gasteiger partial charge in [0.2, 0.25) is 0 Å². The lowest BCUT2D eigenvalue weighted by atomic mass is 10.1. The quantitative estimate of drug-likeness (QED) is 0.533. The van der Waals surface area contributed by atoms with Gasteiger partial charge in [-0.1, -0.05) is 54.3 Å². The van der Waals surface area contributed by atoms with Gasteiger partial charge in [-0.25, -0.2) is 0 Å². The molecule has 0 bridgehead atoms. The summed E-state index contributed by atoms with van der Waals surface area (Å²) in [6.07, 6.45) is 0. The predicted octanol–water partition coefficient (Wildman–Crippen LogP) is 4.46. The van der Waals surface area contributed by atoms with E-state index in [-0.39, 0.29) is 18.2 Å². The average Bonchev–Trinajstić information content (AvgIpc) is 2.72. The number of Topliss-reactive ketones (excluding diaryl/α,β-unsaturated/α-hetero) is 1. The van der Waals surface area contributed by atoms with Crippen LogP contribution in [0.15, 0.2) is 78.9 Å². The molecule has 0 aliphatic heterocycles. The zero-order valence-corrected chi connectivity index (χ0v) is 15.4. The monoisotopic (exact) mass is 369 g/mol. The maximum absolute atomic E-state index is 12.5. The second-order valence-corrected chi connectivity index (χ2v) is 6.03. The number of ether oxygens (including phenoxy) is 1. The van der Waals surface area contributed by atoms with Gasteiger partial charge in [0, 0.05) is 11.1 Å². The number of hydrogen-bond donors (Lipinski definition) is 1. The van der Waals surface area contributed by atoms with Gasteiger partial charge in [-0.2, -0.15) is 0 Å². The van der Waals surface area contributed by atoms with Crippen molar-refractivity contribution in [1.82, 2.24) is 5.32 Å². The Hall–Kier alpha value is -3.84. The summed E-state index contributed by atoms with van der Waals surface area (Å²) < 4.78 is 5.81. The van der Waals surface area contributed by atoms with Crippen molar-refractivity contribution in [2.24, 2.45) is 0 Å². The van der Waals surface area contributed by atoms with Crippen LogP contribution in [0.2, 0.25) is 0 Å². The summed E-state index contributed by atoms with van der Waals surface area (Å²) in [6, 6.07) is 23.4. The Morgan fingerprint density at radius 3 is 2.29 bits per heavy atom. The van der Waals surface area contributed by atoms with Crippen LogP contribution in [-0.2, 0) is 0 Å². The molecule has 0 atom stereocenters. The van der Waals surface area contributed by atoms with Crippen LogP contribution in [0.4, 0.5) is 0 Å².